The summed E-state index contributed by atoms with van der Waals surface area (Å²) in [6.07, 6.45) is 11.0. The Morgan fingerprint density at radius 2 is 2.14 bits per heavy atom. The van der Waals surface area contributed by atoms with Gasteiger partial charge in [0.25, 0.3) is 0 Å². The van der Waals surface area contributed by atoms with Crippen LogP contribution in [0.1, 0.15) is 32.1 Å². The highest BCUT2D eigenvalue weighted by Gasteiger charge is 2.64. The van der Waals surface area contributed by atoms with E-state index in [9.17, 15) is 4.79 Å². The van der Waals surface area contributed by atoms with Crippen LogP contribution in [0, 0.1) is 29.1 Å². The molecule has 0 aliphatic heterocycles. The van der Waals surface area contributed by atoms with Gasteiger partial charge >= 0.3 is 0 Å². The Hall–Kier alpha value is -0.590. The van der Waals surface area contributed by atoms with Gasteiger partial charge in [-0.15, -0.1) is 0 Å². The Kier molecular flexibility index (Phi) is 1.18. The van der Waals surface area contributed by atoms with Gasteiger partial charge < -0.3 is 0 Å². The fourth-order valence-corrected chi connectivity index (χ4v) is 4.91. The maximum absolute atomic E-state index is 12.3. The molecule has 0 heterocycles. The van der Waals surface area contributed by atoms with E-state index in [4.69, 9.17) is 0 Å². The number of hydrogen-bond donors (Lipinski definition) is 0. The van der Waals surface area contributed by atoms with Crippen LogP contribution in [0.5, 0.6) is 0 Å². The first kappa shape index (κ1) is 7.67. The van der Waals surface area contributed by atoms with Gasteiger partial charge in [0.1, 0.15) is 5.78 Å². The molecule has 0 aromatic heterocycles. The molecule has 0 radical (unpaired) electrons. The molecule has 4 bridgehead atoms. The van der Waals surface area contributed by atoms with Gasteiger partial charge in [0.05, 0.1) is 0 Å². The van der Waals surface area contributed by atoms with Crippen LogP contribution in [0.15, 0.2) is 12.2 Å². The minimum atomic E-state index is 0.155. The van der Waals surface area contributed by atoms with Crippen LogP contribution in [-0.2, 0) is 4.79 Å². The van der Waals surface area contributed by atoms with E-state index in [1.54, 1.807) is 0 Å². The van der Waals surface area contributed by atoms with E-state index >= 15 is 0 Å². The average molecular weight is 188 g/mol. The zero-order valence-corrected chi connectivity index (χ0v) is 8.41. The van der Waals surface area contributed by atoms with Crippen molar-refractivity contribution in [3.05, 3.63) is 12.2 Å². The summed E-state index contributed by atoms with van der Waals surface area (Å²) >= 11 is 0. The quantitative estimate of drug-likeness (QED) is 0.534. The summed E-state index contributed by atoms with van der Waals surface area (Å²) in [5.41, 5.74) is 0.155. The number of Topliss-reactive ketones (excluding diaryl/α,β-unsaturated/α-hetero) is 1. The van der Waals surface area contributed by atoms with E-state index in [0.29, 0.717) is 17.6 Å². The number of allylic oxidation sites excluding steroid dienone is 2. The van der Waals surface area contributed by atoms with Crippen molar-refractivity contribution < 1.29 is 4.79 Å². The lowest BCUT2D eigenvalue weighted by atomic mass is 9.64. The highest BCUT2D eigenvalue weighted by Crippen LogP contribution is 2.66. The van der Waals surface area contributed by atoms with Crippen LogP contribution >= 0.6 is 0 Å². The minimum Gasteiger partial charge on any atom is -0.299 e. The first-order valence-electron chi connectivity index (χ1n) is 6.03. The smallest absolute Gasteiger partial charge is 0.142 e. The molecule has 0 aromatic carbocycles. The van der Waals surface area contributed by atoms with E-state index in [0.717, 1.165) is 11.8 Å². The zero-order chi connectivity index (χ0) is 9.34. The summed E-state index contributed by atoms with van der Waals surface area (Å²) in [5.74, 6) is 3.27. The monoisotopic (exact) mass is 188 g/mol. The first-order chi connectivity index (χ1) is 6.80. The van der Waals surface area contributed by atoms with Gasteiger partial charge in [0.2, 0.25) is 0 Å². The summed E-state index contributed by atoms with van der Waals surface area (Å²) in [6, 6.07) is 0. The standard InChI is InChI=1S/C13H16O/c14-12-9-2-4-11(6-9)13(12)7-8-1-3-10(13)5-8/h1,3,8-11H,2,4-7H2/t8?,9-,10?,11?,13?/m1/s1. The van der Waals surface area contributed by atoms with Gasteiger partial charge in [0.15, 0.2) is 0 Å². The molecule has 1 heteroatoms. The highest BCUT2D eigenvalue weighted by atomic mass is 16.1. The summed E-state index contributed by atoms with van der Waals surface area (Å²) in [6.45, 7) is 0. The molecular formula is C13H16O. The van der Waals surface area contributed by atoms with Crippen LogP contribution in [0.25, 0.3) is 0 Å². The molecule has 0 N–H and O–H groups in total. The minimum absolute atomic E-state index is 0.155. The van der Waals surface area contributed by atoms with Crippen molar-refractivity contribution in [2.24, 2.45) is 29.1 Å². The molecule has 0 aromatic rings. The fraction of sp³-hybridized carbons (Fsp3) is 0.769. The lowest BCUT2D eigenvalue weighted by molar-refractivity contribution is -0.134. The molecule has 4 rings (SSSR count). The van der Waals surface area contributed by atoms with Crippen LogP contribution in [0.4, 0.5) is 0 Å². The summed E-state index contributed by atoms with van der Waals surface area (Å²) in [4.78, 5) is 12.3. The molecular weight excluding hydrogens is 172 g/mol. The Balaban J connectivity index is 1.84. The second-order valence-electron chi connectivity index (χ2n) is 5.80. The molecule has 74 valence electrons. The van der Waals surface area contributed by atoms with Crippen LogP contribution in [0.2, 0.25) is 0 Å². The van der Waals surface area contributed by atoms with Crippen molar-refractivity contribution in [2.45, 2.75) is 32.1 Å². The Morgan fingerprint density at radius 1 is 1.21 bits per heavy atom. The predicted octanol–water partition coefficient (Wildman–Crippen LogP) is 2.57. The molecule has 4 aliphatic carbocycles. The molecule has 0 saturated heterocycles. The normalized spacial score (nSPS) is 58.1. The summed E-state index contributed by atoms with van der Waals surface area (Å²) in [7, 11) is 0. The third-order valence-corrected chi connectivity index (χ3v) is 5.42. The molecule has 1 nitrogen and oxygen atoms in total. The predicted molar refractivity (Wildman–Crippen MR) is 53.6 cm³/mol. The Morgan fingerprint density at radius 3 is 2.71 bits per heavy atom. The fourth-order valence-electron chi connectivity index (χ4n) is 4.91. The average Bonchev–Trinajstić information content (AvgIpc) is 2.91. The Bertz CT molecular complexity index is 343. The second-order valence-corrected chi connectivity index (χ2v) is 5.80. The van der Waals surface area contributed by atoms with Crippen molar-refractivity contribution >= 4 is 5.78 Å². The molecule has 14 heavy (non-hydrogen) atoms. The number of hydrogen-bond acceptors (Lipinski definition) is 1. The van der Waals surface area contributed by atoms with Crippen molar-refractivity contribution in [3.8, 4) is 0 Å². The van der Waals surface area contributed by atoms with E-state index in [1.807, 2.05) is 0 Å². The van der Waals surface area contributed by atoms with E-state index in [-0.39, 0.29) is 5.41 Å². The molecule has 4 aliphatic rings. The molecule has 3 fully saturated rings. The summed E-state index contributed by atoms with van der Waals surface area (Å²) < 4.78 is 0. The number of carbonyl (C=O) groups is 1. The zero-order valence-electron chi connectivity index (χ0n) is 8.41. The number of fused-ring (bicyclic) bond motifs is 6. The number of carbonyl (C=O) groups excluding carboxylic acids is 1. The van der Waals surface area contributed by atoms with Crippen molar-refractivity contribution in [2.75, 3.05) is 0 Å². The van der Waals surface area contributed by atoms with Gasteiger partial charge in [-0.05, 0) is 49.9 Å². The SMILES string of the molecule is O=C1[C@@H]2CCC(C2)C12CC1C=CC2C1. The number of ketones is 1. The molecule has 3 saturated carbocycles. The lowest BCUT2D eigenvalue weighted by Crippen LogP contribution is -2.40. The largest absolute Gasteiger partial charge is 0.299 e. The molecule has 1 spiro atoms. The maximum Gasteiger partial charge on any atom is 0.142 e. The van der Waals surface area contributed by atoms with E-state index in [2.05, 4.69) is 12.2 Å². The maximum atomic E-state index is 12.3. The lowest BCUT2D eigenvalue weighted by Gasteiger charge is -2.38. The van der Waals surface area contributed by atoms with E-state index in [1.165, 1.54) is 32.1 Å². The van der Waals surface area contributed by atoms with Crippen LogP contribution < -0.4 is 0 Å². The van der Waals surface area contributed by atoms with Crippen molar-refractivity contribution in [1.29, 1.82) is 0 Å². The van der Waals surface area contributed by atoms with Gasteiger partial charge in [-0.3, -0.25) is 4.79 Å². The molecule has 0 amide bonds. The topological polar surface area (TPSA) is 17.1 Å². The third-order valence-electron chi connectivity index (χ3n) is 5.42. The second kappa shape index (κ2) is 2.15. The van der Waals surface area contributed by atoms with Gasteiger partial charge in [0, 0.05) is 11.3 Å². The van der Waals surface area contributed by atoms with Gasteiger partial charge in [-0.1, -0.05) is 12.2 Å². The first-order valence-corrected chi connectivity index (χ1v) is 6.03. The third kappa shape index (κ3) is 0.627. The molecule has 5 atom stereocenters. The highest BCUT2D eigenvalue weighted by molar-refractivity contribution is 5.91. The van der Waals surface area contributed by atoms with Gasteiger partial charge in [-0.2, -0.15) is 0 Å². The molecule has 4 unspecified atom stereocenters. The van der Waals surface area contributed by atoms with Crippen molar-refractivity contribution in [1.82, 2.24) is 0 Å². The van der Waals surface area contributed by atoms with E-state index < -0.39 is 0 Å². The number of rotatable bonds is 0. The Labute approximate surface area is 84.6 Å². The van der Waals surface area contributed by atoms with Crippen molar-refractivity contribution in [3.63, 3.8) is 0 Å². The summed E-state index contributed by atoms with van der Waals surface area (Å²) in [5, 5.41) is 0. The van der Waals surface area contributed by atoms with Gasteiger partial charge in [-0.25, -0.2) is 0 Å². The van der Waals surface area contributed by atoms with Crippen LogP contribution in [0.3, 0.4) is 0 Å². The van der Waals surface area contributed by atoms with Crippen LogP contribution in [-0.4, -0.2) is 5.78 Å².